The number of esters is 1. The number of hydrogen-bond acceptors (Lipinski definition) is 6. The molecule has 0 atom stereocenters. The number of halogens is 2. The van der Waals surface area contributed by atoms with Crippen molar-refractivity contribution < 1.29 is 27.1 Å². The van der Waals surface area contributed by atoms with E-state index >= 15 is 0 Å². The molecule has 0 bridgehead atoms. The van der Waals surface area contributed by atoms with Crippen LogP contribution in [0.25, 0.3) is 0 Å². The van der Waals surface area contributed by atoms with E-state index in [1.54, 1.807) is 43.4 Å². The summed E-state index contributed by atoms with van der Waals surface area (Å²) in [6.07, 6.45) is 0. The van der Waals surface area contributed by atoms with Gasteiger partial charge in [0.1, 0.15) is 10.7 Å². The normalized spacial score (nSPS) is 14.3. The van der Waals surface area contributed by atoms with Gasteiger partial charge in [-0.1, -0.05) is 29.8 Å². The minimum atomic E-state index is -4.01. The molecular weight excluding hydrogens is 521 g/mol. The molecule has 0 spiro atoms. The van der Waals surface area contributed by atoms with Gasteiger partial charge in [0.05, 0.1) is 10.6 Å². The molecular formula is C26H25ClFN3O5S. The number of sulfonamides is 1. The van der Waals surface area contributed by atoms with Crippen LogP contribution in [0.1, 0.15) is 10.4 Å². The number of likely N-dealkylation sites (N-methyl/N-ethyl adjacent to an activating group) is 1. The van der Waals surface area contributed by atoms with Crippen molar-refractivity contribution in [3.05, 3.63) is 89.2 Å². The Morgan fingerprint density at radius 1 is 0.973 bits per heavy atom. The van der Waals surface area contributed by atoms with Crippen molar-refractivity contribution in [3.8, 4) is 0 Å². The quantitative estimate of drug-likeness (QED) is 0.420. The molecule has 1 fully saturated rings. The molecule has 3 aromatic rings. The summed E-state index contributed by atoms with van der Waals surface area (Å²) in [5.41, 5.74) is 1.40. The van der Waals surface area contributed by atoms with Crippen LogP contribution < -0.4 is 9.80 Å². The van der Waals surface area contributed by atoms with Crippen LogP contribution in [0.4, 0.5) is 15.8 Å². The lowest BCUT2D eigenvalue weighted by Crippen LogP contribution is -2.48. The average Bonchev–Trinajstić information content (AvgIpc) is 2.92. The Morgan fingerprint density at radius 2 is 1.62 bits per heavy atom. The minimum Gasteiger partial charge on any atom is -0.452 e. The number of carbonyl (C=O) groups is 2. The van der Waals surface area contributed by atoms with Crippen LogP contribution in [-0.4, -0.2) is 64.4 Å². The molecule has 0 radical (unpaired) electrons. The zero-order valence-corrected chi connectivity index (χ0v) is 21.6. The van der Waals surface area contributed by atoms with Gasteiger partial charge in [0, 0.05) is 44.6 Å². The maximum Gasteiger partial charge on any atom is 0.338 e. The first-order valence-electron chi connectivity index (χ1n) is 11.5. The van der Waals surface area contributed by atoms with Crippen LogP contribution in [0.3, 0.4) is 0 Å². The van der Waals surface area contributed by atoms with Gasteiger partial charge in [-0.15, -0.1) is 0 Å². The summed E-state index contributed by atoms with van der Waals surface area (Å²) in [4.78, 5) is 28.1. The van der Waals surface area contributed by atoms with E-state index in [1.165, 1.54) is 33.5 Å². The zero-order chi connectivity index (χ0) is 26.6. The van der Waals surface area contributed by atoms with E-state index in [1.807, 2.05) is 11.0 Å². The van der Waals surface area contributed by atoms with Crippen LogP contribution >= 0.6 is 11.6 Å². The predicted octanol–water partition coefficient (Wildman–Crippen LogP) is 3.81. The molecule has 0 unspecified atom stereocenters. The van der Waals surface area contributed by atoms with Gasteiger partial charge in [-0.05, 0) is 54.6 Å². The first-order valence-corrected chi connectivity index (χ1v) is 13.3. The van der Waals surface area contributed by atoms with Gasteiger partial charge in [0.2, 0.25) is 10.0 Å². The Labute approximate surface area is 219 Å². The van der Waals surface area contributed by atoms with Gasteiger partial charge in [-0.2, -0.15) is 4.31 Å². The summed E-state index contributed by atoms with van der Waals surface area (Å²) < 4.78 is 46.3. The third kappa shape index (κ3) is 6.10. The van der Waals surface area contributed by atoms with Crippen molar-refractivity contribution in [3.63, 3.8) is 0 Å². The first kappa shape index (κ1) is 26.6. The fraction of sp³-hybridized carbons (Fsp3) is 0.231. The predicted molar refractivity (Wildman–Crippen MR) is 139 cm³/mol. The van der Waals surface area contributed by atoms with E-state index in [9.17, 15) is 22.4 Å². The lowest BCUT2D eigenvalue weighted by atomic mass is 10.2. The van der Waals surface area contributed by atoms with Crippen molar-refractivity contribution in [1.82, 2.24) is 4.31 Å². The highest BCUT2D eigenvalue weighted by Gasteiger charge is 2.31. The molecule has 0 aromatic heterocycles. The molecule has 1 heterocycles. The van der Waals surface area contributed by atoms with Crippen molar-refractivity contribution in [2.75, 3.05) is 49.6 Å². The van der Waals surface area contributed by atoms with E-state index in [-0.39, 0.29) is 34.4 Å². The highest BCUT2D eigenvalue weighted by atomic mass is 35.5. The summed E-state index contributed by atoms with van der Waals surface area (Å²) in [6.45, 7) is 0.666. The topological polar surface area (TPSA) is 87.2 Å². The molecule has 37 heavy (non-hydrogen) atoms. The molecule has 3 aromatic carbocycles. The second kappa shape index (κ2) is 11.3. The van der Waals surface area contributed by atoms with Crippen molar-refractivity contribution in [2.24, 2.45) is 0 Å². The maximum absolute atomic E-state index is 13.3. The molecule has 4 rings (SSSR count). The number of hydrogen-bond donors (Lipinski definition) is 0. The second-order valence-electron chi connectivity index (χ2n) is 8.38. The third-order valence-electron chi connectivity index (χ3n) is 6.06. The Kier molecular flexibility index (Phi) is 8.11. The molecule has 1 aliphatic heterocycles. The van der Waals surface area contributed by atoms with Crippen LogP contribution in [-0.2, 0) is 19.6 Å². The Morgan fingerprint density at radius 3 is 2.27 bits per heavy atom. The summed E-state index contributed by atoms with van der Waals surface area (Å²) in [6, 6.07) is 18.7. The summed E-state index contributed by atoms with van der Waals surface area (Å²) in [5, 5.41) is -0.0302. The average molecular weight is 546 g/mol. The number of nitrogens with zero attached hydrogens (tertiary/aromatic N) is 3. The monoisotopic (exact) mass is 545 g/mol. The Bertz CT molecular complexity index is 1380. The lowest BCUT2D eigenvalue weighted by Gasteiger charge is -2.35. The highest BCUT2D eigenvalue weighted by molar-refractivity contribution is 7.89. The molecule has 0 N–H and O–H groups in total. The van der Waals surface area contributed by atoms with Crippen LogP contribution in [0, 0.1) is 5.82 Å². The highest BCUT2D eigenvalue weighted by Crippen LogP contribution is 2.28. The molecule has 0 saturated carbocycles. The Hall–Kier alpha value is -3.47. The van der Waals surface area contributed by atoms with Gasteiger partial charge in [0.15, 0.2) is 6.61 Å². The van der Waals surface area contributed by atoms with Crippen LogP contribution in [0.15, 0.2) is 77.7 Å². The standard InChI is InChI=1S/C26H25ClFN3O5S/c1-29(21-5-3-2-4-6-21)25(32)18-36-26(33)19-7-12-23(27)24(17-19)37(34,35)31-15-13-30(14-16-31)22-10-8-20(28)9-11-22/h2-12,17H,13-16,18H2,1H3. The third-order valence-corrected chi connectivity index (χ3v) is 8.44. The number of ether oxygens (including phenoxy) is 1. The fourth-order valence-corrected chi connectivity index (χ4v) is 5.83. The van der Waals surface area contributed by atoms with E-state index < -0.39 is 28.5 Å². The maximum atomic E-state index is 13.3. The second-order valence-corrected chi connectivity index (χ2v) is 10.7. The molecule has 1 amide bonds. The van der Waals surface area contributed by atoms with Crippen molar-refractivity contribution >= 4 is 44.9 Å². The van der Waals surface area contributed by atoms with Gasteiger partial charge < -0.3 is 14.5 Å². The number of amides is 1. The molecule has 1 saturated heterocycles. The van der Waals surface area contributed by atoms with Crippen LogP contribution in [0.5, 0.6) is 0 Å². The number of anilines is 2. The van der Waals surface area contributed by atoms with E-state index in [2.05, 4.69) is 0 Å². The molecule has 1 aliphatic rings. The number of para-hydroxylation sites is 1. The summed E-state index contributed by atoms with van der Waals surface area (Å²) >= 11 is 6.22. The van der Waals surface area contributed by atoms with Gasteiger partial charge >= 0.3 is 5.97 Å². The Balaban J connectivity index is 1.41. The zero-order valence-electron chi connectivity index (χ0n) is 20.0. The minimum absolute atomic E-state index is 0.0302. The van der Waals surface area contributed by atoms with Gasteiger partial charge in [-0.3, -0.25) is 4.79 Å². The van der Waals surface area contributed by atoms with Gasteiger partial charge in [-0.25, -0.2) is 17.6 Å². The molecule has 11 heteroatoms. The largest absolute Gasteiger partial charge is 0.452 e. The summed E-state index contributed by atoms with van der Waals surface area (Å²) in [7, 11) is -2.45. The SMILES string of the molecule is CN(C(=O)COC(=O)c1ccc(Cl)c(S(=O)(=O)N2CCN(c3ccc(F)cc3)CC2)c1)c1ccccc1. The van der Waals surface area contributed by atoms with Gasteiger partial charge in [0.25, 0.3) is 5.91 Å². The van der Waals surface area contributed by atoms with Crippen molar-refractivity contribution in [1.29, 1.82) is 0 Å². The van der Waals surface area contributed by atoms with E-state index in [4.69, 9.17) is 16.3 Å². The first-order chi connectivity index (χ1) is 17.7. The van der Waals surface area contributed by atoms with E-state index in [0.717, 1.165) is 11.8 Å². The van der Waals surface area contributed by atoms with Crippen LogP contribution in [0.2, 0.25) is 5.02 Å². The number of piperazine rings is 1. The lowest BCUT2D eigenvalue weighted by molar-refractivity contribution is -0.121. The molecule has 8 nitrogen and oxygen atoms in total. The molecule has 0 aliphatic carbocycles. The number of benzene rings is 3. The fourth-order valence-electron chi connectivity index (χ4n) is 3.91. The van der Waals surface area contributed by atoms with E-state index in [0.29, 0.717) is 18.8 Å². The number of rotatable bonds is 7. The molecule has 194 valence electrons. The number of carbonyl (C=O) groups excluding carboxylic acids is 2. The summed E-state index contributed by atoms with van der Waals surface area (Å²) in [5.74, 6) is -1.63. The smallest absolute Gasteiger partial charge is 0.338 e. The van der Waals surface area contributed by atoms with Crippen molar-refractivity contribution in [2.45, 2.75) is 4.90 Å².